The molecule has 1 unspecified atom stereocenters. The van der Waals surface area contributed by atoms with Crippen molar-refractivity contribution >= 4 is 23.6 Å². The van der Waals surface area contributed by atoms with Crippen LogP contribution >= 0.6 is 11.8 Å². The molecule has 1 heterocycles. The average Bonchev–Trinajstić information content (AvgIpc) is 3.26. The normalized spacial score (nSPS) is 11.7. The van der Waals surface area contributed by atoms with Crippen LogP contribution in [-0.4, -0.2) is 39.0 Å². The second-order valence-corrected chi connectivity index (χ2v) is 7.74. The molecular formula is C23H26N4O3S. The molecule has 0 aliphatic carbocycles. The standard InChI is InChI=1S/C23H26N4O3S/c1-3-17-10-8-9-13-20(17)27-16-24-26-23(27)31-15-21(28)25-19(14-22(29)30-4-2)18-11-6-5-7-12-18/h5-13,16,19H,3-4,14-15H2,1-2H3,(H,25,28). The molecule has 0 radical (unpaired) electrons. The predicted octanol–water partition coefficient (Wildman–Crippen LogP) is 3.73. The Morgan fingerprint density at radius 2 is 1.84 bits per heavy atom. The smallest absolute Gasteiger partial charge is 0.308 e. The van der Waals surface area contributed by atoms with E-state index in [-0.39, 0.29) is 24.1 Å². The van der Waals surface area contributed by atoms with Gasteiger partial charge in [0, 0.05) is 0 Å². The number of ether oxygens (including phenoxy) is 1. The van der Waals surface area contributed by atoms with Gasteiger partial charge in [-0.1, -0.05) is 67.2 Å². The van der Waals surface area contributed by atoms with Crippen molar-refractivity contribution in [2.24, 2.45) is 0 Å². The fraction of sp³-hybridized carbons (Fsp3) is 0.304. The molecule has 0 aliphatic heterocycles. The Hall–Kier alpha value is -3.13. The predicted molar refractivity (Wildman–Crippen MR) is 120 cm³/mol. The number of aryl methyl sites for hydroxylation is 1. The summed E-state index contributed by atoms with van der Waals surface area (Å²) in [7, 11) is 0. The minimum absolute atomic E-state index is 0.0777. The lowest BCUT2D eigenvalue weighted by atomic mass is 10.0. The van der Waals surface area contributed by atoms with Crippen molar-refractivity contribution in [3.05, 3.63) is 72.1 Å². The fourth-order valence-corrected chi connectivity index (χ4v) is 3.96. The second-order valence-electron chi connectivity index (χ2n) is 6.79. The lowest BCUT2D eigenvalue weighted by Crippen LogP contribution is -2.32. The van der Waals surface area contributed by atoms with Crippen LogP contribution in [0.2, 0.25) is 0 Å². The molecule has 2 aromatic carbocycles. The molecule has 8 heteroatoms. The number of rotatable bonds is 10. The second kappa shape index (κ2) is 11.3. The largest absolute Gasteiger partial charge is 0.466 e. The molecule has 0 saturated heterocycles. The van der Waals surface area contributed by atoms with E-state index in [1.807, 2.05) is 53.1 Å². The van der Waals surface area contributed by atoms with Gasteiger partial charge in [0.1, 0.15) is 6.33 Å². The maximum atomic E-state index is 12.7. The van der Waals surface area contributed by atoms with E-state index in [2.05, 4.69) is 28.5 Å². The zero-order valence-corrected chi connectivity index (χ0v) is 18.5. The van der Waals surface area contributed by atoms with Crippen LogP contribution in [0.15, 0.2) is 66.1 Å². The average molecular weight is 439 g/mol. The summed E-state index contributed by atoms with van der Waals surface area (Å²) in [6.45, 7) is 4.16. The molecule has 1 amide bonds. The van der Waals surface area contributed by atoms with Gasteiger partial charge in [0.25, 0.3) is 0 Å². The molecule has 0 bridgehead atoms. The summed E-state index contributed by atoms with van der Waals surface area (Å²) in [5, 5.41) is 11.8. The molecule has 162 valence electrons. The number of para-hydroxylation sites is 1. The highest BCUT2D eigenvalue weighted by Crippen LogP contribution is 2.23. The minimum Gasteiger partial charge on any atom is -0.466 e. The van der Waals surface area contributed by atoms with Crippen LogP contribution in [0.4, 0.5) is 0 Å². The summed E-state index contributed by atoms with van der Waals surface area (Å²) >= 11 is 1.30. The maximum Gasteiger partial charge on any atom is 0.308 e. The van der Waals surface area contributed by atoms with Crippen LogP contribution in [0.3, 0.4) is 0 Å². The summed E-state index contributed by atoms with van der Waals surface area (Å²) in [6.07, 6.45) is 2.61. The Morgan fingerprint density at radius 1 is 1.10 bits per heavy atom. The molecule has 1 atom stereocenters. The van der Waals surface area contributed by atoms with Crippen molar-refractivity contribution in [2.75, 3.05) is 12.4 Å². The van der Waals surface area contributed by atoms with Gasteiger partial charge in [0.2, 0.25) is 5.91 Å². The van der Waals surface area contributed by atoms with Gasteiger partial charge < -0.3 is 10.1 Å². The molecule has 3 rings (SSSR count). The number of hydrogen-bond acceptors (Lipinski definition) is 6. The first-order valence-corrected chi connectivity index (χ1v) is 11.2. The number of benzene rings is 2. The van der Waals surface area contributed by atoms with Crippen LogP contribution in [-0.2, 0) is 20.7 Å². The third kappa shape index (κ3) is 6.18. The summed E-state index contributed by atoms with van der Waals surface area (Å²) in [5.74, 6) is -0.388. The van der Waals surface area contributed by atoms with Crippen LogP contribution in [0.25, 0.3) is 5.69 Å². The van der Waals surface area contributed by atoms with Crippen molar-refractivity contribution < 1.29 is 14.3 Å². The van der Waals surface area contributed by atoms with Crippen molar-refractivity contribution in [3.8, 4) is 5.69 Å². The highest BCUT2D eigenvalue weighted by atomic mass is 32.2. The zero-order chi connectivity index (χ0) is 22.1. The van der Waals surface area contributed by atoms with Gasteiger partial charge in [-0.2, -0.15) is 0 Å². The van der Waals surface area contributed by atoms with E-state index in [4.69, 9.17) is 4.74 Å². The van der Waals surface area contributed by atoms with Crippen molar-refractivity contribution in [2.45, 2.75) is 37.9 Å². The third-order valence-corrected chi connectivity index (χ3v) is 5.64. The Morgan fingerprint density at radius 3 is 2.58 bits per heavy atom. The summed E-state index contributed by atoms with van der Waals surface area (Å²) in [5.41, 5.74) is 3.03. The molecule has 0 fully saturated rings. The summed E-state index contributed by atoms with van der Waals surface area (Å²) < 4.78 is 6.96. The molecule has 31 heavy (non-hydrogen) atoms. The highest BCUT2D eigenvalue weighted by molar-refractivity contribution is 7.99. The van der Waals surface area contributed by atoms with E-state index < -0.39 is 6.04 Å². The number of aromatic nitrogens is 3. The summed E-state index contributed by atoms with van der Waals surface area (Å²) in [4.78, 5) is 24.7. The van der Waals surface area contributed by atoms with Gasteiger partial charge >= 0.3 is 5.97 Å². The van der Waals surface area contributed by atoms with E-state index in [1.165, 1.54) is 17.3 Å². The van der Waals surface area contributed by atoms with Crippen LogP contribution in [0.1, 0.15) is 37.4 Å². The number of hydrogen-bond donors (Lipinski definition) is 1. The highest BCUT2D eigenvalue weighted by Gasteiger charge is 2.20. The number of nitrogens with zero attached hydrogens (tertiary/aromatic N) is 3. The minimum atomic E-state index is -0.452. The Kier molecular flexibility index (Phi) is 8.23. The first-order valence-electron chi connectivity index (χ1n) is 10.2. The van der Waals surface area contributed by atoms with Crippen LogP contribution < -0.4 is 5.32 Å². The van der Waals surface area contributed by atoms with Crippen molar-refractivity contribution in [1.82, 2.24) is 20.1 Å². The molecule has 1 N–H and O–H groups in total. The Balaban J connectivity index is 1.67. The van der Waals surface area contributed by atoms with Gasteiger partial charge in [-0.05, 0) is 30.5 Å². The zero-order valence-electron chi connectivity index (χ0n) is 17.7. The SMILES string of the molecule is CCOC(=O)CC(NC(=O)CSc1nncn1-c1ccccc1CC)c1ccccc1. The molecule has 0 saturated carbocycles. The third-order valence-electron chi connectivity index (χ3n) is 4.69. The van der Waals surface area contributed by atoms with Crippen LogP contribution in [0, 0.1) is 0 Å². The number of carbonyl (C=O) groups excluding carboxylic acids is 2. The maximum absolute atomic E-state index is 12.7. The Labute approximate surface area is 186 Å². The lowest BCUT2D eigenvalue weighted by Gasteiger charge is -2.18. The van der Waals surface area contributed by atoms with Gasteiger partial charge in [-0.25, -0.2) is 0 Å². The van der Waals surface area contributed by atoms with E-state index in [9.17, 15) is 9.59 Å². The lowest BCUT2D eigenvalue weighted by molar-refractivity contribution is -0.143. The first kappa shape index (κ1) is 22.6. The van der Waals surface area contributed by atoms with E-state index >= 15 is 0 Å². The van der Waals surface area contributed by atoms with Gasteiger partial charge in [-0.15, -0.1) is 10.2 Å². The molecular weight excluding hydrogens is 412 g/mol. The molecule has 3 aromatic rings. The number of carbonyl (C=O) groups is 2. The quantitative estimate of drug-likeness (QED) is 0.383. The number of nitrogens with one attached hydrogen (secondary N) is 1. The van der Waals surface area contributed by atoms with Crippen molar-refractivity contribution in [3.63, 3.8) is 0 Å². The number of esters is 1. The Bertz CT molecular complexity index is 1010. The van der Waals surface area contributed by atoms with Gasteiger partial charge in [0.05, 0.1) is 30.5 Å². The monoisotopic (exact) mass is 438 g/mol. The van der Waals surface area contributed by atoms with E-state index in [1.54, 1.807) is 13.3 Å². The molecule has 0 spiro atoms. The van der Waals surface area contributed by atoms with Crippen LogP contribution in [0.5, 0.6) is 0 Å². The first-order chi connectivity index (χ1) is 15.1. The van der Waals surface area contributed by atoms with Gasteiger partial charge in [0.15, 0.2) is 5.16 Å². The number of thioether (sulfide) groups is 1. The molecule has 1 aromatic heterocycles. The topological polar surface area (TPSA) is 86.1 Å². The van der Waals surface area contributed by atoms with E-state index in [0.29, 0.717) is 11.8 Å². The summed E-state index contributed by atoms with van der Waals surface area (Å²) in [6, 6.07) is 17.0. The van der Waals surface area contributed by atoms with Gasteiger partial charge in [-0.3, -0.25) is 14.2 Å². The fourth-order valence-electron chi connectivity index (χ4n) is 3.22. The number of amides is 1. The van der Waals surface area contributed by atoms with E-state index in [0.717, 1.165) is 17.7 Å². The van der Waals surface area contributed by atoms with Crippen molar-refractivity contribution in [1.29, 1.82) is 0 Å². The molecule has 0 aliphatic rings. The molecule has 7 nitrogen and oxygen atoms in total.